The van der Waals surface area contributed by atoms with Crippen LogP contribution >= 0.6 is 11.6 Å². The van der Waals surface area contributed by atoms with Gasteiger partial charge < -0.3 is 10.2 Å². The summed E-state index contributed by atoms with van der Waals surface area (Å²) in [5.74, 6) is -0.176. The maximum atomic E-state index is 13.2. The molecule has 0 saturated heterocycles. The molecule has 2 aromatic rings. The average Bonchev–Trinajstić information content (AvgIpc) is 2.64. The van der Waals surface area contributed by atoms with Crippen molar-refractivity contribution in [1.82, 2.24) is 10.2 Å². The molecule has 156 valence electrons. The number of hydrogen-bond acceptors (Lipinski definition) is 2. The van der Waals surface area contributed by atoms with E-state index >= 15 is 0 Å². The predicted molar refractivity (Wildman–Crippen MR) is 119 cm³/mol. The van der Waals surface area contributed by atoms with Crippen LogP contribution in [0.5, 0.6) is 0 Å². The maximum absolute atomic E-state index is 13.2. The van der Waals surface area contributed by atoms with Crippen LogP contribution in [0.4, 0.5) is 0 Å². The maximum Gasteiger partial charge on any atom is 0.243 e. The van der Waals surface area contributed by atoms with Crippen LogP contribution in [0.25, 0.3) is 0 Å². The van der Waals surface area contributed by atoms with Gasteiger partial charge in [-0.1, -0.05) is 61.0 Å². The summed E-state index contributed by atoms with van der Waals surface area (Å²) in [5.41, 5.74) is 1.53. The largest absolute Gasteiger partial charge is 0.350 e. The zero-order valence-corrected chi connectivity index (χ0v) is 18.5. The summed E-state index contributed by atoms with van der Waals surface area (Å²) in [6.07, 6.45) is 1.58. The number of hydrogen-bond donors (Lipinski definition) is 1. The second-order valence-electron chi connectivity index (χ2n) is 8.35. The first-order valence-electron chi connectivity index (χ1n) is 10.1. The third-order valence-corrected chi connectivity index (χ3v) is 4.71. The minimum atomic E-state index is -0.602. The third kappa shape index (κ3) is 7.54. The van der Waals surface area contributed by atoms with Crippen LogP contribution < -0.4 is 5.32 Å². The topological polar surface area (TPSA) is 49.4 Å². The van der Waals surface area contributed by atoms with Crippen molar-refractivity contribution in [1.29, 1.82) is 0 Å². The van der Waals surface area contributed by atoms with Crippen molar-refractivity contribution in [2.45, 2.75) is 65.1 Å². The summed E-state index contributed by atoms with van der Waals surface area (Å²) < 4.78 is 0. The molecule has 2 aromatic carbocycles. The molecule has 1 atom stereocenters. The number of halogens is 1. The van der Waals surface area contributed by atoms with E-state index in [1.807, 2.05) is 76.2 Å². The molecule has 0 heterocycles. The van der Waals surface area contributed by atoms with E-state index in [2.05, 4.69) is 5.32 Å². The van der Waals surface area contributed by atoms with Gasteiger partial charge in [0.15, 0.2) is 0 Å². The fraction of sp³-hybridized carbons (Fsp3) is 0.417. The Bertz CT molecular complexity index is 815. The van der Waals surface area contributed by atoms with Crippen LogP contribution in [-0.4, -0.2) is 28.3 Å². The highest BCUT2D eigenvalue weighted by Gasteiger charge is 2.31. The van der Waals surface area contributed by atoms with Crippen molar-refractivity contribution in [2.75, 3.05) is 0 Å². The Morgan fingerprint density at radius 3 is 2.28 bits per heavy atom. The molecule has 0 radical (unpaired) electrons. The molecule has 0 spiro atoms. The van der Waals surface area contributed by atoms with Gasteiger partial charge in [0.05, 0.1) is 0 Å². The number of benzene rings is 2. The van der Waals surface area contributed by atoms with E-state index < -0.39 is 6.04 Å². The molecule has 29 heavy (non-hydrogen) atoms. The monoisotopic (exact) mass is 414 g/mol. The van der Waals surface area contributed by atoms with Crippen LogP contribution in [0.15, 0.2) is 54.6 Å². The molecule has 5 heteroatoms. The van der Waals surface area contributed by atoms with Crippen molar-refractivity contribution >= 4 is 23.4 Å². The Labute approximate surface area is 179 Å². The van der Waals surface area contributed by atoms with Crippen LogP contribution in [-0.2, 0) is 22.6 Å². The van der Waals surface area contributed by atoms with Gasteiger partial charge in [-0.2, -0.15) is 0 Å². The normalized spacial score (nSPS) is 12.3. The molecule has 0 saturated carbocycles. The molecule has 0 unspecified atom stereocenters. The molecule has 0 aliphatic carbocycles. The molecule has 4 nitrogen and oxygen atoms in total. The lowest BCUT2D eigenvalue weighted by Gasteiger charge is -2.34. The number of nitrogens with one attached hydrogen (secondary N) is 1. The van der Waals surface area contributed by atoms with Gasteiger partial charge in [-0.25, -0.2) is 0 Å². The first-order valence-corrected chi connectivity index (χ1v) is 10.5. The Morgan fingerprint density at radius 1 is 1.03 bits per heavy atom. The van der Waals surface area contributed by atoms with Gasteiger partial charge in [-0.05, 0) is 50.5 Å². The number of carbonyl (C=O) groups excluding carboxylic acids is 2. The van der Waals surface area contributed by atoms with Gasteiger partial charge in [-0.15, -0.1) is 0 Å². The van der Waals surface area contributed by atoms with Gasteiger partial charge in [-0.3, -0.25) is 9.59 Å². The second kappa shape index (κ2) is 10.4. The molecule has 0 aromatic heterocycles. The summed E-state index contributed by atoms with van der Waals surface area (Å²) >= 11 is 6.15. The molecular weight excluding hydrogens is 384 g/mol. The predicted octanol–water partition coefficient (Wildman–Crippen LogP) is 4.99. The van der Waals surface area contributed by atoms with E-state index in [4.69, 9.17) is 11.6 Å². The van der Waals surface area contributed by atoms with Crippen molar-refractivity contribution < 1.29 is 9.59 Å². The Kier molecular flexibility index (Phi) is 8.27. The van der Waals surface area contributed by atoms with Crippen molar-refractivity contribution in [2.24, 2.45) is 0 Å². The van der Waals surface area contributed by atoms with Gasteiger partial charge in [0, 0.05) is 29.9 Å². The fourth-order valence-electron chi connectivity index (χ4n) is 3.20. The zero-order valence-electron chi connectivity index (χ0n) is 17.7. The highest BCUT2D eigenvalue weighted by atomic mass is 35.5. The lowest BCUT2D eigenvalue weighted by atomic mass is 10.00. The molecule has 0 bridgehead atoms. The van der Waals surface area contributed by atoms with E-state index in [-0.39, 0.29) is 17.4 Å². The Balaban J connectivity index is 2.40. The SMILES string of the molecule is CCCC(=O)N(Cc1cccc(Cl)c1)[C@H](Cc1ccccc1)C(=O)NC(C)(C)C. The summed E-state index contributed by atoms with van der Waals surface area (Å²) in [6.45, 7) is 8.14. The molecule has 2 amide bonds. The molecule has 1 N–H and O–H groups in total. The highest BCUT2D eigenvalue weighted by molar-refractivity contribution is 6.30. The zero-order chi connectivity index (χ0) is 21.4. The van der Waals surface area contributed by atoms with Crippen molar-refractivity contribution in [3.05, 3.63) is 70.7 Å². The second-order valence-corrected chi connectivity index (χ2v) is 8.78. The lowest BCUT2D eigenvalue weighted by Crippen LogP contribution is -2.54. The Morgan fingerprint density at radius 2 is 1.69 bits per heavy atom. The van der Waals surface area contributed by atoms with E-state index in [1.54, 1.807) is 11.0 Å². The standard InChI is InChI=1S/C24H31ClN2O2/c1-5-10-22(28)27(17-19-13-9-14-20(25)15-19)21(23(29)26-24(2,3)4)16-18-11-7-6-8-12-18/h6-9,11-15,21H,5,10,16-17H2,1-4H3,(H,26,29)/t21-/m1/s1. The summed E-state index contributed by atoms with van der Waals surface area (Å²) in [6, 6.07) is 16.6. The van der Waals surface area contributed by atoms with E-state index in [1.165, 1.54) is 0 Å². The summed E-state index contributed by atoms with van der Waals surface area (Å²) in [7, 11) is 0. The molecular formula is C24H31ClN2O2. The van der Waals surface area contributed by atoms with Gasteiger partial charge in [0.25, 0.3) is 0 Å². The van der Waals surface area contributed by atoms with Crippen LogP contribution in [0, 0.1) is 0 Å². The third-order valence-electron chi connectivity index (χ3n) is 4.48. The van der Waals surface area contributed by atoms with E-state index in [0.717, 1.165) is 17.5 Å². The van der Waals surface area contributed by atoms with Crippen LogP contribution in [0.3, 0.4) is 0 Å². The first kappa shape index (κ1) is 23.0. The molecule has 0 fully saturated rings. The minimum absolute atomic E-state index is 0.0301. The summed E-state index contributed by atoms with van der Waals surface area (Å²) in [4.78, 5) is 28.0. The lowest BCUT2D eigenvalue weighted by molar-refractivity contribution is -0.142. The average molecular weight is 415 g/mol. The van der Waals surface area contributed by atoms with Gasteiger partial charge in [0.1, 0.15) is 6.04 Å². The number of rotatable bonds is 8. The van der Waals surface area contributed by atoms with Gasteiger partial charge in [0.2, 0.25) is 11.8 Å². The smallest absolute Gasteiger partial charge is 0.243 e. The Hall–Kier alpha value is -2.33. The first-order chi connectivity index (χ1) is 13.7. The minimum Gasteiger partial charge on any atom is -0.350 e. The van der Waals surface area contributed by atoms with Crippen LogP contribution in [0.2, 0.25) is 5.02 Å². The number of nitrogens with zero attached hydrogens (tertiary/aromatic N) is 1. The molecule has 0 aliphatic heterocycles. The quantitative estimate of drug-likeness (QED) is 0.661. The van der Waals surface area contributed by atoms with E-state index in [0.29, 0.717) is 24.4 Å². The van der Waals surface area contributed by atoms with Crippen molar-refractivity contribution in [3.63, 3.8) is 0 Å². The van der Waals surface area contributed by atoms with Crippen molar-refractivity contribution in [3.8, 4) is 0 Å². The van der Waals surface area contributed by atoms with E-state index in [9.17, 15) is 9.59 Å². The van der Waals surface area contributed by atoms with Gasteiger partial charge >= 0.3 is 0 Å². The fourth-order valence-corrected chi connectivity index (χ4v) is 3.41. The number of carbonyl (C=O) groups is 2. The number of amides is 2. The summed E-state index contributed by atoms with van der Waals surface area (Å²) in [5, 5.41) is 3.67. The van der Waals surface area contributed by atoms with Crippen LogP contribution in [0.1, 0.15) is 51.7 Å². The highest BCUT2D eigenvalue weighted by Crippen LogP contribution is 2.19. The molecule has 0 aliphatic rings. The molecule has 2 rings (SSSR count).